The van der Waals surface area contributed by atoms with Crippen LogP contribution in [-0.2, 0) is 6.42 Å². The molecular formula is C12H15N5. The van der Waals surface area contributed by atoms with Crippen LogP contribution in [0.4, 0.5) is 11.6 Å². The minimum absolute atomic E-state index is 0.551. The molecule has 2 aromatic rings. The van der Waals surface area contributed by atoms with E-state index in [4.69, 9.17) is 5.84 Å². The quantitative estimate of drug-likeness (QED) is 0.534. The third-order valence-electron chi connectivity index (χ3n) is 2.35. The molecule has 0 atom stereocenters. The average Bonchev–Trinajstić information content (AvgIpc) is 2.40. The van der Waals surface area contributed by atoms with Gasteiger partial charge in [-0.1, -0.05) is 30.3 Å². The maximum Gasteiger partial charge on any atom is 0.160 e. The number of hydrogen-bond acceptors (Lipinski definition) is 5. The fourth-order valence-electron chi connectivity index (χ4n) is 1.50. The smallest absolute Gasteiger partial charge is 0.160 e. The standard InChI is InChI=1S/C12H15N5/c13-17-12-9-14-8-11(16-12)15-7-6-10-4-2-1-3-5-10/h1-5,8-9H,6-7,13H2,(H2,15,16,17). The summed E-state index contributed by atoms with van der Waals surface area (Å²) in [4.78, 5) is 8.23. The number of rotatable bonds is 5. The Kier molecular flexibility index (Phi) is 3.88. The molecule has 1 aromatic carbocycles. The third kappa shape index (κ3) is 3.42. The Bertz CT molecular complexity index is 457. The molecule has 0 aliphatic carbocycles. The maximum atomic E-state index is 5.26. The first-order valence-electron chi connectivity index (χ1n) is 5.45. The lowest BCUT2D eigenvalue weighted by atomic mass is 10.1. The Morgan fingerprint density at radius 2 is 1.82 bits per heavy atom. The summed E-state index contributed by atoms with van der Waals surface area (Å²) in [6, 6.07) is 10.3. The number of anilines is 2. The minimum atomic E-state index is 0.551. The zero-order chi connectivity index (χ0) is 11.9. The Hall–Kier alpha value is -2.14. The molecule has 17 heavy (non-hydrogen) atoms. The highest BCUT2D eigenvalue weighted by Gasteiger charge is 1.97. The average molecular weight is 229 g/mol. The number of hydrogen-bond donors (Lipinski definition) is 3. The summed E-state index contributed by atoms with van der Waals surface area (Å²) in [5.74, 6) is 6.53. The Labute approximate surface area is 100 Å². The van der Waals surface area contributed by atoms with Crippen LogP contribution in [0.1, 0.15) is 5.56 Å². The number of nitrogens with two attached hydrogens (primary N) is 1. The third-order valence-corrected chi connectivity index (χ3v) is 2.35. The molecule has 0 radical (unpaired) electrons. The topological polar surface area (TPSA) is 75.9 Å². The monoisotopic (exact) mass is 229 g/mol. The number of nitrogens with zero attached hydrogens (tertiary/aromatic N) is 2. The van der Waals surface area contributed by atoms with E-state index in [1.54, 1.807) is 12.4 Å². The Morgan fingerprint density at radius 1 is 1.06 bits per heavy atom. The summed E-state index contributed by atoms with van der Waals surface area (Å²) >= 11 is 0. The van der Waals surface area contributed by atoms with Gasteiger partial charge in [-0.05, 0) is 12.0 Å². The molecule has 0 fully saturated rings. The van der Waals surface area contributed by atoms with E-state index in [1.807, 2.05) is 18.2 Å². The van der Waals surface area contributed by atoms with Crippen molar-refractivity contribution in [3.05, 3.63) is 48.3 Å². The molecule has 0 unspecified atom stereocenters. The van der Waals surface area contributed by atoms with Crippen LogP contribution in [-0.4, -0.2) is 16.5 Å². The largest absolute Gasteiger partial charge is 0.368 e. The van der Waals surface area contributed by atoms with Crippen molar-refractivity contribution in [2.45, 2.75) is 6.42 Å². The molecule has 0 bridgehead atoms. The molecule has 5 nitrogen and oxygen atoms in total. The van der Waals surface area contributed by atoms with Gasteiger partial charge in [0.2, 0.25) is 0 Å². The molecule has 0 aliphatic rings. The van der Waals surface area contributed by atoms with E-state index in [0.29, 0.717) is 5.82 Å². The van der Waals surface area contributed by atoms with Gasteiger partial charge in [0.1, 0.15) is 5.82 Å². The summed E-state index contributed by atoms with van der Waals surface area (Å²) in [7, 11) is 0. The molecule has 0 amide bonds. The fourth-order valence-corrected chi connectivity index (χ4v) is 1.50. The van der Waals surface area contributed by atoms with Crippen LogP contribution in [0.2, 0.25) is 0 Å². The Morgan fingerprint density at radius 3 is 2.59 bits per heavy atom. The number of nitrogen functional groups attached to an aromatic ring is 1. The normalized spacial score (nSPS) is 9.94. The molecule has 0 aliphatic heterocycles. The molecule has 0 saturated heterocycles. The van der Waals surface area contributed by atoms with Gasteiger partial charge in [0, 0.05) is 6.54 Å². The first-order valence-corrected chi connectivity index (χ1v) is 5.45. The van der Waals surface area contributed by atoms with Crippen molar-refractivity contribution >= 4 is 11.6 Å². The van der Waals surface area contributed by atoms with E-state index >= 15 is 0 Å². The van der Waals surface area contributed by atoms with Gasteiger partial charge in [-0.15, -0.1) is 0 Å². The second kappa shape index (κ2) is 5.81. The van der Waals surface area contributed by atoms with Crippen LogP contribution in [0, 0.1) is 0 Å². The molecule has 0 spiro atoms. The highest BCUT2D eigenvalue weighted by Crippen LogP contribution is 2.05. The first kappa shape index (κ1) is 11.3. The van der Waals surface area contributed by atoms with Crippen molar-refractivity contribution in [2.24, 2.45) is 5.84 Å². The molecule has 2 rings (SSSR count). The number of hydrazine groups is 1. The summed E-state index contributed by atoms with van der Waals surface area (Å²) in [5, 5.41) is 3.20. The lowest BCUT2D eigenvalue weighted by Crippen LogP contribution is -2.11. The van der Waals surface area contributed by atoms with Crippen molar-refractivity contribution in [1.82, 2.24) is 9.97 Å². The van der Waals surface area contributed by atoms with Crippen molar-refractivity contribution in [2.75, 3.05) is 17.3 Å². The van der Waals surface area contributed by atoms with Crippen LogP contribution in [0.5, 0.6) is 0 Å². The minimum Gasteiger partial charge on any atom is -0.368 e. The second-order valence-electron chi connectivity index (χ2n) is 3.60. The fraction of sp³-hybridized carbons (Fsp3) is 0.167. The maximum absolute atomic E-state index is 5.26. The van der Waals surface area contributed by atoms with E-state index in [0.717, 1.165) is 18.8 Å². The van der Waals surface area contributed by atoms with Crippen LogP contribution < -0.4 is 16.6 Å². The van der Waals surface area contributed by atoms with Gasteiger partial charge in [-0.25, -0.2) is 10.8 Å². The summed E-state index contributed by atoms with van der Waals surface area (Å²) < 4.78 is 0. The lowest BCUT2D eigenvalue weighted by Gasteiger charge is -2.06. The van der Waals surface area contributed by atoms with Gasteiger partial charge in [0.15, 0.2) is 5.82 Å². The van der Waals surface area contributed by atoms with Crippen molar-refractivity contribution < 1.29 is 0 Å². The lowest BCUT2D eigenvalue weighted by molar-refractivity contribution is 0.998. The summed E-state index contributed by atoms with van der Waals surface area (Å²) in [6.07, 6.45) is 4.19. The predicted octanol–water partition coefficient (Wildman–Crippen LogP) is 1.42. The number of benzene rings is 1. The van der Waals surface area contributed by atoms with Crippen molar-refractivity contribution in [3.63, 3.8) is 0 Å². The SMILES string of the molecule is NNc1cncc(NCCc2ccccc2)n1. The second-order valence-corrected chi connectivity index (χ2v) is 3.60. The van der Waals surface area contributed by atoms with Crippen LogP contribution in [0.15, 0.2) is 42.7 Å². The molecule has 88 valence electrons. The molecule has 1 heterocycles. The van der Waals surface area contributed by atoms with Crippen molar-refractivity contribution in [3.8, 4) is 0 Å². The summed E-state index contributed by atoms with van der Waals surface area (Å²) in [5.41, 5.74) is 3.75. The predicted molar refractivity (Wildman–Crippen MR) is 68.5 cm³/mol. The zero-order valence-corrected chi connectivity index (χ0v) is 9.43. The van der Waals surface area contributed by atoms with Crippen molar-refractivity contribution in [1.29, 1.82) is 0 Å². The van der Waals surface area contributed by atoms with Gasteiger partial charge >= 0.3 is 0 Å². The van der Waals surface area contributed by atoms with Gasteiger partial charge in [-0.2, -0.15) is 0 Å². The van der Waals surface area contributed by atoms with Crippen LogP contribution >= 0.6 is 0 Å². The Balaban J connectivity index is 1.86. The molecular weight excluding hydrogens is 214 g/mol. The molecule has 0 saturated carbocycles. The highest BCUT2D eigenvalue weighted by molar-refractivity contribution is 5.40. The van der Waals surface area contributed by atoms with E-state index in [2.05, 4.69) is 32.8 Å². The van der Waals surface area contributed by atoms with Gasteiger partial charge in [-0.3, -0.25) is 4.98 Å². The summed E-state index contributed by atoms with van der Waals surface area (Å²) in [6.45, 7) is 0.812. The van der Waals surface area contributed by atoms with Gasteiger partial charge in [0.05, 0.1) is 12.4 Å². The highest BCUT2D eigenvalue weighted by atomic mass is 15.3. The van der Waals surface area contributed by atoms with E-state index in [9.17, 15) is 0 Å². The van der Waals surface area contributed by atoms with E-state index in [-0.39, 0.29) is 0 Å². The van der Waals surface area contributed by atoms with Crippen LogP contribution in [0.3, 0.4) is 0 Å². The number of nitrogens with one attached hydrogen (secondary N) is 2. The van der Waals surface area contributed by atoms with Gasteiger partial charge in [0.25, 0.3) is 0 Å². The van der Waals surface area contributed by atoms with Crippen LogP contribution in [0.25, 0.3) is 0 Å². The van der Waals surface area contributed by atoms with Gasteiger partial charge < -0.3 is 10.7 Å². The molecule has 4 N–H and O–H groups in total. The first-order chi connectivity index (χ1) is 8.38. The zero-order valence-electron chi connectivity index (χ0n) is 9.43. The van der Waals surface area contributed by atoms with E-state index < -0.39 is 0 Å². The molecule has 1 aromatic heterocycles. The number of aromatic nitrogens is 2. The molecule has 5 heteroatoms. The van der Waals surface area contributed by atoms with E-state index in [1.165, 1.54) is 5.56 Å².